The van der Waals surface area contributed by atoms with E-state index in [1.165, 1.54) is 5.56 Å². The molecule has 2 atom stereocenters. The van der Waals surface area contributed by atoms with E-state index >= 15 is 0 Å². The second kappa shape index (κ2) is 9.44. The van der Waals surface area contributed by atoms with E-state index in [2.05, 4.69) is 25.0 Å². The Labute approximate surface area is 197 Å². The van der Waals surface area contributed by atoms with Gasteiger partial charge in [0.05, 0.1) is 19.7 Å². The topological polar surface area (TPSA) is 104 Å². The minimum absolute atomic E-state index is 0.103. The molecular weight excluding hydrogens is 449 g/mol. The van der Waals surface area contributed by atoms with Crippen LogP contribution in [0.4, 0.5) is 16.3 Å². The van der Waals surface area contributed by atoms with Gasteiger partial charge < -0.3 is 20.3 Å². The molecule has 33 heavy (non-hydrogen) atoms. The summed E-state index contributed by atoms with van der Waals surface area (Å²) < 4.78 is 19.3. The smallest absolute Gasteiger partial charge is 0.253 e. The van der Waals surface area contributed by atoms with Crippen molar-refractivity contribution < 1.29 is 13.9 Å². The first-order valence-electron chi connectivity index (χ1n) is 11.4. The Hall–Kier alpha value is -2.43. The highest BCUT2D eigenvalue weighted by atomic mass is 35.5. The second-order valence-corrected chi connectivity index (χ2v) is 9.53. The number of morpholine rings is 1. The monoisotopic (exact) mass is 477 g/mol. The number of nitrogens with one attached hydrogen (secondary N) is 1. The number of hydrogen-bond acceptors (Lipinski definition) is 7. The Balaban J connectivity index is 1.28. The molecule has 0 aliphatic carbocycles. The van der Waals surface area contributed by atoms with E-state index in [4.69, 9.17) is 22.1 Å². The molecule has 0 saturated carbocycles. The van der Waals surface area contributed by atoms with Gasteiger partial charge in [-0.3, -0.25) is 14.7 Å². The van der Waals surface area contributed by atoms with Gasteiger partial charge in [-0.1, -0.05) is 23.7 Å². The highest BCUT2D eigenvalue weighted by molar-refractivity contribution is 6.30. The van der Waals surface area contributed by atoms with E-state index in [0.717, 1.165) is 32.4 Å². The number of halogens is 2. The number of hydrogen-bond donors (Lipinski definition) is 2. The molecule has 0 spiro atoms. The summed E-state index contributed by atoms with van der Waals surface area (Å²) in [6.45, 7) is 2.96. The molecule has 0 bridgehead atoms. The molecule has 0 radical (unpaired) electrons. The third-order valence-electron chi connectivity index (χ3n) is 6.87. The molecule has 0 unspecified atom stereocenters. The zero-order chi connectivity index (χ0) is 22.9. The van der Waals surface area contributed by atoms with Crippen LogP contribution in [0.25, 0.3) is 0 Å². The van der Waals surface area contributed by atoms with Crippen LogP contribution in [0.3, 0.4) is 0 Å². The van der Waals surface area contributed by atoms with Crippen molar-refractivity contribution in [3.8, 4) is 0 Å². The van der Waals surface area contributed by atoms with Crippen LogP contribution < -0.4 is 10.6 Å². The van der Waals surface area contributed by atoms with Crippen LogP contribution in [0.15, 0.2) is 24.3 Å². The molecule has 2 aromatic rings. The predicted octanol–water partition coefficient (Wildman–Crippen LogP) is 1.50. The zero-order valence-corrected chi connectivity index (χ0v) is 19.1. The second-order valence-electron chi connectivity index (χ2n) is 9.10. The summed E-state index contributed by atoms with van der Waals surface area (Å²) >= 11 is 6.06. The SMILES string of the molecule is Nc1nnc(N2CCC(N3C[C@H](C(=O)N4CC(F)C4)OC[C@@H]3Cc3ccc(Cl)cc3)CC2)[nH]1. The first-order chi connectivity index (χ1) is 16.0. The van der Waals surface area contributed by atoms with Crippen molar-refractivity contribution >= 4 is 29.4 Å². The van der Waals surface area contributed by atoms with Crippen molar-refractivity contribution in [1.29, 1.82) is 0 Å². The lowest BCUT2D eigenvalue weighted by atomic mass is 9.96. The highest BCUT2D eigenvalue weighted by Gasteiger charge is 2.41. The molecule has 9 nitrogen and oxygen atoms in total. The van der Waals surface area contributed by atoms with Gasteiger partial charge in [0.1, 0.15) is 12.3 Å². The molecule has 4 heterocycles. The van der Waals surface area contributed by atoms with Gasteiger partial charge in [0.2, 0.25) is 11.9 Å². The van der Waals surface area contributed by atoms with E-state index in [1.54, 1.807) is 4.90 Å². The molecule has 3 N–H and O–H groups in total. The Bertz CT molecular complexity index is 960. The van der Waals surface area contributed by atoms with Crippen LogP contribution in [0, 0.1) is 0 Å². The first kappa shape index (κ1) is 22.4. The summed E-state index contributed by atoms with van der Waals surface area (Å²) in [7, 11) is 0. The summed E-state index contributed by atoms with van der Waals surface area (Å²) in [5, 5.41) is 8.67. The summed E-state index contributed by atoms with van der Waals surface area (Å²) in [6, 6.07) is 8.33. The summed E-state index contributed by atoms with van der Waals surface area (Å²) in [5.41, 5.74) is 6.86. The number of nitrogens with zero attached hydrogens (tertiary/aromatic N) is 5. The van der Waals surface area contributed by atoms with E-state index in [1.807, 2.05) is 24.3 Å². The van der Waals surface area contributed by atoms with E-state index in [9.17, 15) is 9.18 Å². The first-order valence-corrected chi connectivity index (χ1v) is 11.8. The molecule has 3 fully saturated rings. The maximum atomic E-state index is 13.3. The maximum absolute atomic E-state index is 13.3. The van der Waals surface area contributed by atoms with Crippen LogP contribution in [0.1, 0.15) is 18.4 Å². The zero-order valence-electron chi connectivity index (χ0n) is 18.4. The Morgan fingerprint density at radius 1 is 1.18 bits per heavy atom. The molecule has 1 aromatic heterocycles. The van der Waals surface area contributed by atoms with Gasteiger partial charge in [0.25, 0.3) is 5.91 Å². The van der Waals surface area contributed by atoms with Crippen LogP contribution in [0.2, 0.25) is 5.02 Å². The lowest BCUT2D eigenvalue weighted by molar-refractivity contribution is -0.162. The predicted molar refractivity (Wildman–Crippen MR) is 123 cm³/mol. The number of ether oxygens (including phenoxy) is 1. The van der Waals surface area contributed by atoms with Crippen LogP contribution >= 0.6 is 11.6 Å². The average molecular weight is 478 g/mol. The van der Waals surface area contributed by atoms with Crippen molar-refractivity contribution in [3.63, 3.8) is 0 Å². The largest absolute Gasteiger partial charge is 0.368 e. The van der Waals surface area contributed by atoms with Crippen molar-refractivity contribution in [1.82, 2.24) is 25.0 Å². The number of rotatable bonds is 5. The number of carbonyl (C=O) groups is 1. The van der Waals surface area contributed by atoms with Crippen LogP contribution in [-0.4, -0.2) is 94.6 Å². The minimum Gasteiger partial charge on any atom is -0.368 e. The van der Waals surface area contributed by atoms with Gasteiger partial charge in [-0.2, -0.15) is 0 Å². The average Bonchev–Trinajstić information content (AvgIpc) is 3.25. The number of amides is 1. The molecule has 178 valence electrons. The van der Waals surface area contributed by atoms with Gasteiger partial charge in [-0.15, -0.1) is 10.2 Å². The number of anilines is 2. The standard InChI is InChI=1S/C22H29ClFN7O2/c23-15-3-1-14(2-4-15)9-18-13-33-19(20(32)30-10-16(24)11-30)12-31(18)17-5-7-29(8-6-17)22-26-21(25)27-28-22/h1-4,16-19H,5-13H2,(H3,25,26,27,28)/t18-,19+/m0/s1. The lowest BCUT2D eigenvalue weighted by Gasteiger charge is -2.47. The summed E-state index contributed by atoms with van der Waals surface area (Å²) in [6.07, 6.45) is 1.20. The van der Waals surface area contributed by atoms with E-state index in [0.29, 0.717) is 36.1 Å². The number of benzene rings is 1. The molecule has 11 heteroatoms. The van der Waals surface area contributed by atoms with E-state index in [-0.39, 0.29) is 25.0 Å². The third kappa shape index (κ3) is 4.92. The molecular formula is C22H29ClFN7O2. The lowest BCUT2D eigenvalue weighted by Crippen LogP contribution is -2.62. The molecule has 5 rings (SSSR count). The number of alkyl halides is 1. The Morgan fingerprint density at radius 3 is 2.55 bits per heavy atom. The molecule has 1 amide bonds. The fourth-order valence-corrected chi connectivity index (χ4v) is 5.13. The number of likely N-dealkylation sites (tertiary alicyclic amines) is 1. The third-order valence-corrected chi connectivity index (χ3v) is 7.12. The van der Waals surface area contributed by atoms with Crippen molar-refractivity contribution in [3.05, 3.63) is 34.9 Å². The number of carbonyl (C=O) groups excluding carboxylic acids is 1. The van der Waals surface area contributed by atoms with Gasteiger partial charge in [0, 0.05) is 36.7 Å². The number of aromatic nitrogens is 3. The molecule has 3 aliphatic rings. The van der Waals surface area contributed by atoms with Gasteiger partial charge in [-0.25, -0.2) is 4.39 Å². The van der Waals surface area contributed by atoms with Gasteiger partial charge in [0.15, 0.2) is 0 Å². The number of nitrogens with two attached hydrogens (primary N) is 1. The van der Waals surface area contributed by atoms with Crippen molar-refractivity contribution in [2.45, 2.75) is 43.6 Å². The minimum atomic E-state index is -0.916. The van der Waals surface area contributed by atoms with Gasteiger partial charge >= 0.3 is 0 Å². The quantitative estimate of drug-likeness (QED) is 0.672. The normalized spacial score (nSPS) is 25.3. The number of aromatic amines is 1. The fourth-order valence-electron chi connectivity index (χ4n) is 5.01. The van der Waals surface area contributed by atoms with Crippen LogP contribution in [0.5, 0.6) is 0 Å². The van der Waals surface area contributed by atoms with Crippen LogP contribution in [-0.2, 0) is 16.0 Å². The highest BCUT2D eigenvalue weighted by Crippen LogP contribution is 2.28. The summed E-state index contributed by atoms with van der Waals surface area (Å²) in [4.78, 5) is 22.0. The summed E-state index contributed by atoms with van der Waals surface area (Å²) in [5.74, 6) is 0.900. The maximum Gasteiger partial charge on any atom is 0.253 e. The number of nitrogen functional groups attached to an aromatic ring is 1. The van der Waals surface area contributed by atoms with Gasteiger partial charge in [-0.05, 0) is 37.0 Å². The molecule has 1 aromatic carbocycles. The molecule has 3 aliphatic heterocycles. The van der Waals surface area contributed by atoms with Crippen molar-refractivity contribution in [2.24, 2.45) is 0 Å². The Kier molecular flexibility index (Phi) is 6.40. The fraction of sp³-hybridized carbons (Fsp3) is 0.591. The Morgan fingerprint density at radius 2 is 1.91 bits per heavy atom. The van der Waals surface area contributed by atoms with Crippen molar-refractivity contribution in [2.75, 3.05) is 50.0 Å². The van der Waals surface area contributed by atoms with E-state index < -0.39 is 12.3 Å². The number of H-pyrrole nitrogens is 1. The number of piperidine rings is 1. The molecule has 3 saturated heterocycles.